The minimum absolute atomic E-state index is 0.0109. The van der Waals surface area contributed by atoms with Gasteiger partial charge in [-0.3, -0.25) is 38.4 Å². The molecule has 21 heteroatoms. The lowest BCUT2D eigenvalue weighted by molar-refractivity contribution is -0.144. The average Bonchev–Trinajstić information content (AvgIpc) is 3.77. The van der Waals surface area contributed by atoms with Crippen molar-refractivity contribution in [2.75, 3.05) is 51.1 Å². The lowest BCUT2D eigenvalue weighted by atomic mass is 9.85. The number of aryl methyl sites for hydroxylation is 1. The number of unbranched alkanes of at least 4 members (excludes halogenated alkanes) is 5. The van der Waals surface area contributed by atoms with Crippen molar-refractivity contribution in [3.8, 4) is 21.7 Å². The van der Waals surface area contributed by atoms with Gasteiger partial charge in [-0.15, -0.1) is 11.3 Å². The summed E-state index contributed by atoms with van der Waals surface area (Å²) in [4.78, 5) is 86.9. The van der Waals surface area contributed by atoms with E-state index in [4.69, 9.17) is 4.98 Å². The lowest BCUT2D eigenvalue weighted by Gasteiger charge is -2.35. The number of amides is 5. The molecule has 0 bridgehead atoms. The van der Waals surface area contributed by atoms with E-state index in [0.29, 0.717) is 56.5 Å². The SMILES string of the molecule is Cc1ncsc1-c1ccc(CNC(=O)[C@@H]2C[C@@H](O)CN2C(=O)[C@@H](NC(=O)CCCCCCCCNC(=O)CN2CCN(C(=O)c3ccc(Nc4nc(C5CC5)cn5c(-c6cn[nH]c6)cnc45)c(F)c3)CC2)C(C)(C)C)cc1. The minimum Gasteiger partial charge on any atom is -0.391 e. The summed E-state index contributed by atoms with van der Waals surface area (Å²) in [6.45, 7) is 10.5. The number of H-pyrrole nitrogens is 1. The molecule has 6 heterocycles. The topological polar surface area (TPSA) is 235 Å². The Balaban J connectivity index is 0.637. The van der Waals surface area contributed by atoms with Gasteiger partial charge in [-0.1, -0.05) is 70.7 Å². The van der Waals surface area contributed by atoms with Crippen LogP contribution in [0.2, 0.25) is 0 Å². The molecule has 2 saturated heterocycles. The van der Waals surface area contributed by atoms with Gasteiger partial charge in [0.05, 0.1) is 58.2 Å². The van der Waals surface area contributed by atoms with E-state index in [2.05, 4.69) is 41.4 Å². The second kappa shape index (κ2) is 24.5. The Morgan fingerprint density at radius 1 is 0.896 bits per heavy atom. The van der Waals surface area contributed by atoms with Crippen molar-refractivity contribution in [3.63, 3.8) is 0 Å². The molecule has 77 heavy (non-hydrogen) atoms. The third-order valence-corrected chi connectivity index (χ3v) is 15.6. The third kappa shape index (κ3) is 13.7. The highest BCUT2D eigenvalue weighted by atomic mass is 32.1. The third-order valence-electron chi connectivity index (χ3n) is 14.7. The van der Waals surface area contributed by atoms with Crippen molar-refractivity contribution in [3.05, 3.63) is 101 Å². The van der Waals surface area contributed by atoms with Crippen molar-refractivity contribution in [1.82, 2.24) is 60.2 Å². The Bertz CT molecular complexity index is 3030. The van der Waals surface area contributed by atoms with Crippen LogP contribution in [-0.4, -0.2) is 143 Å². The van der Waals surface area contributed by atoms with E-state index in [1.54, 1.807) is 47.0 Å². The molecule has 2 aromatic carbocycles. The smallest absolute Gasteiger partial charge is 0.254 e. The number of benzene rings is 2. The zero-order valence-electron chi connectivity index (χ0n) is 44.3. The van der Waals surface area contributed by atoms with Crippen LogP contribution in [-0.2, 0) is 25.7 Å². The number of aliphatic hydroxyl groups is 1. The van der Waals surface area contributed by atoms with Crippen LogP contribution in [0.5, 0.6) is 0 Å². The summed E-state index contributed by atoms with van der Waals surface area (Å²) in [6.07, 6.45) is 14.0. The Kier molecular flexibility index (Phi) is 17.4. The molecular formula is C56H70FN13O6S. The van der Waals surface area contributed by atoms with Crippen LogP contribution >= 0.6 is 11.3 Å². The van der Waals surface area contributed by atoms with Crippen LogP contribution in [0.25, 0.3) is 27.3 Å². The van der Waals surface area contributed by atoms with E-state index in [-0.39, 0.29) is 73.3 Å². The van der Waals surface area contributed by atoms with Gasteiger partial charge in [0.1, 0.15) is 17.9 Å². The van der Waals surface area contributed by atoms with Gasteiger partial charge in [-0.2, -0.15) is 5.10 Å². The average molecular weight is 1070 g/mol. The maximum atomic E-state index is 15.7. The molecular weight excluding hydrogens is 1000 g/mol. The molecule has 6 aromatic rings. The highest BCUT2D eigenvalue weighted by Crippen LogP contribution is 2.41. The van der Waals surface area contributed by atoms with Gasteiger partial charge in [-0.05, 0) is 67.3 Å². The van der Waals surface area contributed by atoms with E-state index in [1.807, 2.05) is 73.0 Å². The zero-order chi connectivity index (χ0) is 54.2. The lowest BCUT2D eigenvalue weighted by Crippen LogP contribution is -2.57. The van der Waals surface area contributed by atoms with Gasteiger partial charge in [0.15, 0.2) is 11.5 Å². The van der Waals surface area contributed by atoms with Crippen molar-refractivity contribution < 1.29 is 33.5 Å². The molecule has 408 valence electrons. The molecule has 1 saturated carbocycles. The van der Waals surface area contributed by atoms with E-state index in [9.17, 15) is 29.1 Å². The number of piperazine rings is 1. The van der Waals surface area contributed by atoms with Crippen LogP contribution < -0.4 is 21.3 Å². The number of aromatic amines is 1. The highest BCUT2D eigenvalue weighted by Gasteiger charge is 2.44. The Morgan fingerprint density at radius 2 is 1.65 bits per heavy atom. The highest BCUT2D eigenvalue weighted by molar-refractivity contribution is 7.13. The van der Waals surface area contributed by atoms with Crippen molar-refractivity contribution in [2.24, 2.45) is 5.41 Å². The first kappa shape index (κ1) is 54.7. The summed E-state index contributed by atoms with van der Waals surface area (Å²) in [5.41, 5.74) is 7.67. The van der Waals surface area contributed by atoms with Crippen molar-refractivity contribution in [2.45, 2.75) is 123 Å². The fraction of sp³-hybridized carbons (Fsp3) is 0.482. The van der Waals surface area contributed by atoms with E-state index in [0.717, 1.165) is 83.6 Å². The number of thiazole rings is 1. The van der Waals surface area contributed by atoms with Crippen molar-refractivity contribution in [1.29, 1.82) is 0 Å². The number of rotatable bonds is 22. The standard InChI is InChI=1S/C56H70FN13O6S/c1-35-49(77-34-61-35)38-14-12-36(13-15-38)27-60-53(74)45-26-41(71)31-70(45)55(76)50(56(2,3)4)66-47(72)11-9-7-5-6-8-10-20-58-48(73)33-67-21-23-68(24-22-67)54(75)39-18-19-43(42(57)25-39)64-51-52-59-30-46(40-28-62-63-29-40)69(52)32-44(65-51)37-16-17-37/h12-15,18-19,25,28-30,32,34,37,41,45,50,71H,5-11,16-17,20-24,26-27,31,33H2,1-4H3,(H,58,73)(H,60,74)(H,62,63)(H,64,65)(H,66,72)/t41-,45+,50-/m1/s1. The van der Waals surface area contributed by atoms with Crippen LogP contribution in [0.4, 0.5) is 15.9 Å². The Morgan fingerprint density at radius 3 is 2.34 bits per heavy atom. The van der Waals surface area contributed by atoms with Gasteiger partial charge < -0.3 is 36.2 Å². The molecule has 5 amide bonds. The molecule has 19 nitrogen and oxygen atoms in total. The first-order chi connectivity index (χ1) is 37.1. The summed E-state index contributed by atoms with van der Waals surface area (Å²) in [6, 6.07) is 10.6. The summed E-state index contributed by atoms with van der Waals surface area (Å²) in [5.74, 6) is -1.13. The largest absolute Gasteiger partial charge is 0.391 e. The van der Waals surface area contributed by atoms with Crippen molar-refractivity contribution >= 4 is 58.0 Å². The molecule has 2 aliphatic heterocycles. The number of aliphatic hydroxyl groups excluding tert-OH is 1. The number of nitrogens with zero attached hydrogens (tertiary/aromatic N) is 8. The monoisotopic (exact) mass is 1070 g/mol. The Labute approximate surface area is 451 Å². The molecule has 0 unspecified atom stereocenters. The normalized spacial score (nSPS) is 17.4. The second-order valence-corrected chi connectivity index (χ2v) is 22.5. The number of imidazole rings is 1. The van der Waals surface area contributed by atoms with E-state index in [1.165, 1.54) is 11.0 Å². The molecule has 6 N–H and O–H groups in total. The fourth-order valence-corrected chi connectivity index (χ4v) is 10.9. The number of likely N-dealkylation sites (tertiary alicyclic amines) is 1. The van der Waals surface area contributed by atoms with Gasteiger partial charge in [0.2, 0.25) is 23.6 Å². The number of nitrogens with one attached hydrogen (secondary N) is 5. The molecule has 0 spiro atoms. The van der Waals surface area contributed by atoms with Gasteiger partial charge in [0, 0.05) is 88.1 Å². The quantitative estimate of drug-likeness (QED) is 0.0389. The van der Waals surface area contributed by atoms with Crippen LogP contribution in [0.1, 0.15) is 118 Å². The molecule has 3 fully saturated rings. The summed E-state index contributed by atoms with van der Waals surface area (Å²) < 4.78 is 17.6. The first-order valence-corrected chi connectivity index (χ1v) is 27.7. The number of aromatic nitrogens is 6. The molecule has 4 aromatic heterocycles. The number of carbonyl (C=O) groups excluding carboxylic acids is 5. The zero-order valence-corrected chi connectivity index (χ0v) is 45.1. The first-order valence-electron chi connectivity index (χ1n) is 26.9. The minimum atomic E-state index is -0.882. The van der Waals surface area contributed by atoms with Crippen LogP contribution in [0.3, 0.4) is 0 Å². The van der Waals surface area contributed by atoms with Crippen LogP contribution in [0.15, 0.2) is 72.8 Å². The maximum absolute atomic E-state index is 15.7. The van der Waals surface area contributed by atoms with E-state index >= 15 is 4.39 Å². The second-order valence-electron chi connectivity index (χ2n) is 21.7. The number of halogens is 1. The number of hydrogen-bond acceptors (Lipinski definition) is 13. The van der Waals surface area contributed by atoms with Gasteiger partial charge >= 0.3 is 0 Å². The number of hydrogen-bond donors (Lipinski definition) is 6. The number of fused-ring (bicyclic) bond motifs is 1. The fourth-order valence-electron chi connectivity index (χ4n) is 10.1. The molecule has 0 radical (unpaired) electrons. The maximum Gasteiger partial charge on any atom is 0.254 e. The summed E-state index contributed by atoms with van der Waals surface area (Å²) >= 11 is 1.57. The number of β-amino-alcohol motifs (C(OH)–C–C–N with tert-alkyl or cyclic N) is 1. The molecule has 3 atom stereocenters. The van der Waals surface area contributed by atoms with Gasteiger partial charge in [0.25, 0.3) is 5.91 Å². The van der Waals surface area contributed by atoms with Gasteiger partial charge in [-0.25, -0.2) is 19.3 Å². The number of carbonyl (C=O) groups is 5. The molecule has 3 aliphatic rings. The molecule has 9 rings (SSSR count). The van der Waals surface area contributed by atoms with Crippen LogP contribution in [0, 0.1) is 18.2 Å². The summed E-state index contributed by atoms with van der Waals surface area (Å²) in [5, 5.41) is 29.5. The summed E-state index contributed by atoms with van der Waals surface area (Å²) in [7, 11) is 0. The molecule has 1 aliphatic carbocycles. The predicted octanol–water partition coefficient (Wildman–Crippen LogP) is 6.73. The predicted molar refractivity (Wildman–Crippen MR) is 292 cm³/mol. The Hall–Kier alpha value is -7.10. The van der Waals surface area contributed by atoms with E-state index < -0.39 is 29.4 Å². The number of anilines is 2.